The summed E-state index contributed by atoms with van der Waals surface area (Å²) in [5, 5.41) is 5.77. The van der Waals surface area contributed by atoms with Crippen molar-refractivity contribution in [3.05, 3.63) is 88.2 Å². The molecule has 2 heterocycles. The first-order valence-electron chi connectivity index (χ1n) is 14.4. The number of amides is 2. The Morgan fingerprint density at radius 2 is 1.83 bits per heavy atom. The smallest absolute Gasteiger partial charge is 0.407 e. The van der Waals surface area contributed by atoms with Gasteiger partial charge >= 0.3 is 6.09 Å². The number of anilines is 2. The Hall–Kier alpha value is -3.47. The molecule has 1 unspecified atom stereocenters. The third-order valence-corrected chi connectivity index (χ3v) is 7.83. The average Bonchev–Trinajstić information content (AvgIpc) is 3.02. The number of piperazine rings is 1. The lowest BCUT2D eigenvalue weighted by molar-refractivity contribution is 0.0546. The second-order valence-corrected chi connectivity index (χ2v) is 11.3. The van der Waals surface area contributed by atoms with Gasteiger partial charge in [0.1, 0.15) is 6.61 Å². The zero-order valence-corrected chi connectivity index (χ0v) is 25.9. The van der Waals surface area contributed by atoms with Crippen LogP contribution in [0.3, 0.4) is 0 Å². The minimum atomic E-state index is -0.505. The zero-order valence-electron chi connectivity index (χ0n) is 24.4. The molecule has 0 saturated carbocycles. The van der Waals surface area contributed by atoms with E-state index < -0.39 is 6.09 Å². The number of carbonyl (C=O) groups is 2. The lowest BCUT2D eigenvalue weighted by Gasteiger charge is -2.38. The van der Waals surface area contributed by atoms with E-state index in [-0.39, 0.29) is 18.6 Å². The van der Waals surface area contributed by atoms with Gasteiger partial charge in [-0.3, -0.25) is 14.7 Å². The first-order chi connectivity index (χ1) is 20.4. The number of ether oxygens (including phenoxy) is 2. The highest BCUT2D eigenvalue weighted by molar-refractivity contribution is 9.10. The fraction of sp³-hybridized carbons (Fsp3) is 0.406. The van der Waals surface area contributed by atoms with Crippen LogP contribution in [0.5, 0.6) is 0 Å². The van der Waals surface area contributed by atoms with E-state index in [0.29, 0.717) is 17.8 Å². The van der Waals surface area contributed by atoms with Gasteiger partial charge in [0.25, 0.3) is 5.91 Å². The number of alkyl carbamates (subject to hydrolysis) is 1. The molecule has 10 heteroatoms. The SMILES string of the molecule is CCCCC(CN1CCN(c2ccc(Br)cc2C(=O)Nc2ccc(CNC(=O)OCc3cccnc3)cc2)CC1)OC. The van der Waals surface area contributed by atoms with Crippen molar-refractivity contribution in [1.82, 2.24) is 15.2 Å². The molecule has 9 nitrogen and oxygen atoms in total. The predicted octanol–water partition coefficient (Wildman–Crippen LogP) is 5.85. The molecule has 0 spiro atoms. The summed E-state index contributed by atoms with van der Waals surface area (Å²) in [4.78, 5) is 34.2. The molecule has 0 radical (unpaired) electrons. The minimum absolute atomic E-state index is 0.158. The molecule has 1 saturated heterocycles. The van der Waals surface area contributed by atoms with E-state index in [0.717, 1.165) is 60.4 Å². The molecular weight excluding hydrogens is 598 g/mol. The van der Waals surface area contributed by atoms with Gasteiger partial charge in [-0.1, -0.05) is 53.9 Å². The van der Waals surface area contributed by atoms with Crippen LogP contribution in [0.25, 0.3) is 0 Å². The Morgan fingerprint density at radius 3 is 2.52 bits per heavy atom. The van der Waals surface area contributed by atoms with Gasteiger partial charge in [0.05, 0.1) is 11.7 Å². The largest absolute Gasteiger partial charge is 0.445 e. The first-order valence-corrected chi connectivity index (χ1v) is 15.2. The molecule has 4 rings (SSSR count). The van der Waals surface area contributed by atoms with Crippen molar-refractivity contribution in [3.63, 3.8) is 0 Å². The molecule has 42 heavy (non-hydrogen) atoms. The predicted molar refractivity (Wildman–Crippen MR) is 169 cm³/mol. The normalized spacial score (nSPS) is 14.3. The highest BCUT2D eigenvalue weighted by atomic mass is 79.9. The number of hydrogen-bond donors (Lipinski definition) is 2. The number of nitrogens with zero attached hydrogens (tertiary/aromatic N) is 3. The maximum Gasteiger partial charge on any atom is 0.407 e. The van der Waals surface area contributed by atoms with E-state index >= 15 is 0 Å². The van der Waals surface area contributed by atoms with E-state index in [9.17, 15) is 9.59 Å². The van der Waals surface area contributed by atoms with Crippen LogP contribution in [-0.4, -0.2) is 67.8 Å². The first kappa shape index (κ1) is 31.5. The summed E-state index contributed by atoms with van der Waals surface area (Å²) < 4.78 is 11.8. The fourth-order valence-electron chi connectivity index (χ4n) is 4.90. The monoisotopic (exact) mass is 637 g/mol. The number of rotatable bonds is 13. The van der Waals surface area contributed by atoms with E-state index in [1.165, 1.54) is 12.8 Å². The molecule has 1 aliphatic rings. The Morgan fingerprint density at radius 1 is 1.05 bits per heavy atom. The summed E-state index contributed by atoms with van der Waals surface area (Å²) in [6.07, 6.45) is 6.52. The molecule has 0 aliphatic carbocycles. The molecule has 1 atom stereocenters. The Bertz CT molecular complexity index is 1280. The van der Waals surface area contributed by atoms with Crippen molar-refractivity contribution >= 4 is 39.3 Å². The van der Waals surface area contributed by atoms with Crippen LogP contribution in [0, 0.1) is 0 Å². The molecule has 0 bridgehead atoms. The molecule has 2 aromatic carbocycles. The third kappa shape index (κ3) is 9.54. The Balaban J connectivity index is 1.29. The number of aromatic nitrogens is 1. The van der Waals surface area contributed by atoms with E-state index in [4.69, 9.17) is 9.47 Å². The number of unbranched alkanes of at least 4 members (excludes halogenated alkanes) is 1. The Kier molecular flexibility index (Phi) is 12.2. The molecule has 1 fully saturated rings. The van der Waals surface area contributed by atoms with Gasteiger partial charge in [-0.05, 0) is 48.4 Å². The number of hydrogen-bond acceptors (Lipinski definition) is 7. The van der Waals surface area contributed by atoms with E-state index in [1.807, 2.05) is 48.5 Å². The molecule has 2 N–H and O–H groups in total. The number of methoxy groups -OCH3 is 1. The average molecular weight is 639 g/mol. The van der Waals surface area contributed by atoms with Crippen molar-refractivity contribution < 1.29 is 19.1 Å². The van der Waals surface area contributed by atoms with Crippen LogP contribution in [0.2, 0.25) is 0 Å². The number of nitrogens with one attached hydrogen (secondary N) is 2. The maximum absolute atomic E-state index is 13.4. The van der Waals surface area contributed by atoms with Gasteiger partial charge < -0.3 is 25.0 Å². The summed E-state index contributed by atoms with van der Waals surface area (Å²) in [6.45, 7) is 7.16. The van der Waals surface area contributed by atoms with Gasteiger partial charge in [-0.15, -0.1) is 0 Å². The van der Waals surface area contributed by atoms with Crippen molar-refractivity contribution in [3.8, 4) is 0 Å². The summed E-state index contributed by atoms with van der Waals surface area (Å²) in [5.74, 6) is -0.169. The number of carbonyl (C=O) groups excluding carboxylic acids is 2. The van der Waals surface area contributed by atoms with Crippen LogP contribution < -0.4 is 15.5 Å². The fourth-order valence-corrected chi connectivity index (χ4v) is 5.26. The van der Waals surface area contributed by atoms with Crippen LogP contribution in [-0.2, 0) is 22.6 Å². The van der Waals surface area contributed by atoms with Crippen LogP contribution in [0.4, 0.5) is 16.2 Å². The number of benzene rings is 2. The summed E-state index contributed by atoms with van der Waals surface area (Å²) in [5.41, 5.74) is 3.93. The topological polar surface area (TPSA) is 96.0 Å². The lowest BCUT2D eigenvalue weighted by Crippen LogP contribution is -2.49. The Labute approximate surface area is 256 Å². The van der Waals surface area contributed by atoms with Crippen LogP contribution >= 0.6 is 15.9 Å². The standard InChI is InChI=1S/C32H40BrN5O4/c1-3-4-7-28(41-2)22-37-15-17-38(18-16-37)30-13-10-26(33)19-29(30)31(39)36-27-11-8-24(9-12-27)21-35-32(40)42-23-25-6-5-14-34-20-25/h5-6,8-14,19-20,28H,3-4,7,15-18,21-23H2,1-2H3,(H,35,40)(H,36,39). The quantitative estimate of drug-likeness (QED) is 0.243. The maximum atomic E-state index is 13.4. The van der Waals surface area contributed by atoms with Crippen molar-refractivity contribution in [2.75, 3.05) is 50.1 Å². The molecular formula is C32H40BrN5O4. The second kappa shape index (κ2) is 16.2. The van der Waals surface area contributed by atoms with Crippen LogP contribution in [0.1, 0.15) is 47.7 Å². The van der Waals surface area contributed by atoms with Crippen LogP contribution in [0.15, 0.2) is 71.5 Å². The van der Waals surface area contributed by atoms with Gasteiger partial charge in [-0.2, -0.15) is 0 Å². The zero-order chi connectivity index (χ0) is 29.7. The van der Waals surface area contributed by atoms with Gasteiger partial charge in [0.15, 0.2) is 0 Å². The summed E-state index contributed by atoms with van der Waals surface area (Å²) >= 11 is 3.53. The van der Waals surface area contributed by atoms with Gasteiger partial charge in [0, 0.05) is 80.2 Å². The molecule has 1 aliphatic heterocycles. The number of halogens is 1. The molecule has 3 aromatic rings. The lowest BCUT2D eigenvalue weighted by atomic mass is 10.1. The summed E-state index contributed by atoms with van der Waals surface area (Å²) in [7, 11) is 1.80. The highest BCUT2D eigenvalue weighted by Gasteiger charge is 2.23. The summed E-state index contributed by atoms with van der Waals surface area (Å²) in [6, 6.07) is 16.9. The van der Waals surface area contributed by atoms with Crippen molar-refractivity contribution in [2.24, 2.45) is 0 Å². The second-order valence-electron chi connectivity index (χ2n) is 10.4. The van der Waals surface area contributed by atoms with E-state index in [1.54, 1.807) is 25.6 Å². The minimum Gasteiger partial charge on any atom is -0.445 e. The molecule has 2 amide bonds. The molecule has 224 valence electrons. The highest BCUT2D eigenvalue weighted by Crippen LogP contribution is 2.27. The van der Waals surface area contributed by atoms with E-state index in [2.05, 4.69) is 48.3 Å². The van der Waals surface area contributed by atoms with Gasteiger partial charge in [-0.25, -0.2) is 4.79 Å². The van der Waals surface area contributed by atoms with Gasteiger partial charge in [0.2, 0.25) is 0 Å². The molecule has 1 aromatic heterocycles. The van der Waals surface area contributed by atoms with Crippen molar-refractivity contribution in [2.45, 2.75) is 45.4 Å². The third-order valence-electron chi connectivity index (χ3n) is 7.33. The number of pyridine rings is 1. The van der Waals surface area contributed by atoms with Crippen molar-refractivity contribution in [1.29, 1.82) is 0 Å².